The average Bonchev–Trinajstić information content (AvgIpc) is 2.88. The van der Waals surface area contributed by atoms with E-state index < -0.39 is 0 Å². The molecule has 0 aromatic heterocycles. The Hall–Kier alpha value is -1.96. The molecule has 5 nitrogen and oxygen atoms in total. The molecular weight excluding hydrogens is 454 g/mol. The van der Waals surface area contributed by atoms with Crippen LogP contribution in [0, 0.1) is 0 Å². The lowest BCUT2D eigenvalue weighted by Crippen LogP contribution is -2.22. The number of amides is 2. The molecule has 27 heavy (non-hydrogen) atoms. The summed E-state index contributed by atoms with van der Waals surface area (Å²) in [5, 5.41) is 0.0483. The van der Waals surface area contributed by atoms with E-state index in [9.17, 15) is 9.59 Å². The van der Waals surface area contributed by atoms with Crippen molar-refractivity contribution in [3.05, 3.63) is 61.9 Å². The normalized spacial score (nSPS) is 15.6. The van der Waals surface area contributed by atoms with E-state index in [0.717, 1.165) is 26.7 Å². The van der Waals surface area contributed by atoms with Crippen LogP contribution in [0.4, 0.5) is 4.79 Å². The summed E-state index contributed by atoms with van der Waals surface area (Å²) in [5.74, 6) is 0.528. The maximum Gasteiger partial charge on any atom is 0.293 e. The number of halogens is 2. The van der Waals surface area contributed by atoms with Gasteiger partial charge < -0.3 is 9.47 Å². The Kier molecular flexibility index (Phi) is 6.14. The van der Waals surface area contributed by atoms with E-state index >= 15 is 0 Å². The Morgan fingerprint density at radius 1 is 1.22 bits per heavy atom. The molecule has 140 valence electrons. The largest absolute Gasteiger partial charge is 0.493 e. The van der Waals surface area contributed by atoms with Crippen LogP contribution < -0.4 is 9.47 Å². The second-order valence-corrected chi connectivity index (χ2v) is 8.01. The number of ether oxygens (including phenoxy) is 2. The second-order valence-electron chi connectivity index (χ2n) is 5.69. The van der Waals surface area contributed by atoms with Gasteiger partial charge in [0.25, 0.3) is 11.1 Å². The Bertz CT molecular complexity index is 930. The van der Waals surface area contributed by atoms with Gasteiger partial charge >= 0.3 is 0 Å². The van der Waals surface area contributed by atoms with Crippen molar-refractivity contribution in [3.63, 3.8) is 0 Å². The fraction of sp³-hybridized carbons (Fsp3) is 0.158. The predicted molar refractivity (Wildman–Crippen MR) is 110 cm³/mol. The number of methoxy groups -OCH3 is 1. The van der Waals surface area contributed by atoms with Gasteiger partial charge in [0, 0.05) is 11.5 Å². The Balaban J connectivity index is 1.84. The van der Waals surface area contributed by atoms with E-state index in [2.05, 4.69) is 15.9 Å². The van der Waals surface area contributed by atoms with E-state index in [-0.39, 0.29) is 11.1 Å². The highest BCUT2D eigenvalue weighted by molar-refractivity contribution is 9.10. The lowest BCUT2D eigenvalue weighted by Gasteiger charge is -2.13. The molecule has 0 radical (unpaired) electrons. The van der Waals surface area contributed by atoms with Gasteiger partial charge in [0.1, 0.15) is 6.61 Å². The van der Waals surface area contributed by atoms with Crippen LogP contribution >= 0.6 is 39.3 Å². The Morgan fingerprint density at radius 3 is 2.52 bits per heavy atom. The molecule has 0 N–H and O–H groups in total. The van der Waals surface area contributed by atoms with Crippen LogP contribution in [-0.4, -0.2) is 30.2 Å². The first-order chi connectivity index (χ1) is 12.9. The molecule has 2 aromatic rings. The maximum atomic E-state index is 12.0. The number of nitrogens with zero attached hydrogens (tertiary/aromatic N) is 1. The molecule has 2 amide bonds. The summed E-state index contributed by atoms with van der Waals surface area (Å²) in [6.07, 6.45) is 1.61. The zero-order valence-corrected chi connectivity index (χ0v) is 17.7. The molecule has 1 saturated heterocycles. The van der Waals surface area contributed by atoms with Gasteiger partial charge in [-0.3, -0.25) is 14.5 Å². The van der Waals surface area contributed by atoms with Gasteiger partial charge in [-0.25, -0.2) is 0 Å². The summed E-state index contributed by atoms with van der Waals surface area (Å²) in [6.45, 7) is 0.331. The molecule has 0 bridgehead atoms. The predicted octanol–water partition coefficient (Wildman–Crippen LogP) is 5.36. The van der Waals surface area contributed by atoms with Crippen molar-refractivity contribution < 1.29 is 19.1 Å². The highest BCUT2D eigenvalue weighted by Crippen LogP contribution is 2.39. The van der Waals surface area contributed by atoms with Crippen LogP contribution in [0.3, 0.4) is 0 Å². The zero-order chi connectivity index (χ0) is 19.6. The molecule has 0 aliphatic carbocycles. The van der Waals surface area contributed by atoms with Crippen LogP contribution in [0.15, 0.2) is 45.8 Å². The first-order valence-corrected chi connectivity index (χ1v) is 9.84. The molecule has 0 atom stereocenters. The van der Waals surface area contributed by atoms with Gasteiger partial charge in [0.05, 0.1) is 17.0 Å². The van der Waals surface area contributed by atoms with Crippen molar-refractivity contribution in [2.45, 2.75) is 6.61 Å². The number of hydrogen-bond acceptors (Lipinski definition) is 5. The number of carbonyl (C=O) groups excluding carboxylic acids is 2. The summed E-state index contributed by atoms with van der Waals surface area (Å²) in [5.41, 5.74) is 1.63. The zero-order valence-electron chi connectivity index (χ0n) is 14.5. The number of imide groups is 1. The molecule has 0 spiro atoms. The van der Waals surface area contributed by atoms with Crippen molar-refractivity contribution >= 4 is 56.5 Å². The van der Waals surface area contributed by atoms with Crippen LogP contribution in [0.2, 0.25) is 5.02 Å². The van der Waals surface area contributed by atoms with E-state index in [1.807, 2.05) is 24.3 Å². The number of rotatable bonds is 5. The van der Waals surface area contributed by atoms with Gasteiger partial charge in [-0.05, 0) is 53.2 Å². The lowest BCUT2D eigenvalue weighted by molar-refractivity contribution is -0.121. The standard InChI is InChI=1S/C19H15BrClNO4S/c1-22-18(23)16(27-19(22)24)9-12-7-14(21)17(15(8-12)25-2)26-10-11-3-5-13(20)6-4-11/h3-9H,10H2,1-2H3. The Labute approximate surface area is 174 Å². The van der Waals surface area contributed by atoms with Gasteiger partial charge in [0.2, 0.25) is 0 Å². The quantitative estimate of drug-likeness (QED) is 0.553. The first-order valence-electron chi connectivity index (χ1n) is 7.85. The summed E-state index contributed by atoms with van der Waals surface area (Å²) in [7, 11) is 2.97. The minimum absolute atomic E-state index is 0.307. The molecule has 3 rings (SSSR count). The molecule has 1 heterocycles. The minimum atomic E-state index is -0.337. The summed E-state index contributed by atoms with van der Waals surface area (Å²) < 4.78 is 12.2. The fourth-order valence-electron chi connectivity index (χ4n) is 2.40. The highest BCUT2D eigenvalue weighted by atomic mass is 79.9. The number of thioether (sulfide) groups is 1. The molecule has 1 aliphatic rings. The van der Waals surface area contributed by atoms with Crippen LogP contribution in [0.5, 0.6) is 11.5 Å². The van der Waals surface area contributed by atoms with Gasteiger partial charge in [-0.2, -0.15) is 0 Å². The van der Waals surface area contributed by atoms with Crippen LogP contribution in [0.1, 0.15) is 11.1 Å². The number of hydrogen-bond donors (Lipinski definition) is 0. The summed E-state index contributed by atoms with van der Waals surface area (Å²) >= 11 is 10.7. The topological polar surface area (TPSA) is 55.8 Å². The van der Waals surface area contributed by atoms with Crippen molar-refractivity contribution in [2.75, 3.05) is 14.2 Å². The van der Waals surface area contributed by atoms with Crippen molar-refractivity contribution in [1.82, 2.24) is 4.90 Å². The Morgan fingerprint density at radius 2 is 1.93 bits per heavy atom. The molecule has 0 saturated carbocycles. The number of likely N-dealkylation sites (N-methyl/N-ethyl adjacent to an activating group) is 1. The molecule has 0 unspecified atom stereocenters. The third-order valence-electron chi connectivity index (χ3n) is 3.83. The van der Waals surface area contributed by atoms with Gasteiger partial charge in [-0.1, -0.05) is 39.7 Å². The third-order valence-corrected chi connectivity index (χ3v) is 5.60. The molecule has 2 aromatic carbocycles. The number of carbonyl (C=O) groups is 2. The van der Waals surface area contributed by atoms with E-state index in [1.165, 1.54) is 14.2 Å². The van der Waals surface area contributed by atoms with E-state index in [1.54, 1.807) is 18.2 Å². The minimum Gasteiger partial charge on any atom is -0.493 e. The highest BCUT2D eigenvalue weighted by Gasteiger charge is 2.31. The molecule has 1 fully saturated rings. The maximum absolute atomic E-state index is 12.0. The average molecular weight is 469 g/mol. The molecule has 1 aliphatic heterocycles. The van der Waals surface area contributed by atoms with E-state index in [4.69, 9.17) is 21.1 Å². The van der Waals surface area contributed by atoms with Gasteiger partial charge in [-0.15, -0.1) is 0 Å². The molecule has 8 heteroatoms. The number of benzene rings is 2. The monoisotopic (exact) mass is 467 g/mol. The van der Waals surface area contributed by atoms with Crippen molar-refractivity contribution in [2.24, 2.45) is 0 Å². The summed E-state index contributed by atoms with van der Waals surface area (Å²) in [4.78, 5) is 25.1. The third kappa shape index (κ3) is 4.48. The first kappa shape index (κ1) is 19.8. The molecular formula is C19H15BrClNO4S. The van der Waals surface area contributed by atoms with Crippen LogP contribution in [0.25, 0.3) is 6.08 Å². The fourth-order valence-corrected chi connectivity index (χ4v) is 3.76. The second kappa shape index (κ2) is 8.37. The SMILES string of the molecule is COc1cc(C=C2SC(=O)N(C)C2=O)cc(Cl)c1OCc1ccc(Br)cc1. The van der Waals surface area contributed by atoms with E-state index in [0.29, 0.717) is 33.6 Å². The lowest BCUT2D eigenvalue weighted by atomic mass is 10.1. The van der Waals surface area contributed by atoms with Crippen LogP contribution in [-0.2, 0) is 11.4 Å². The van der Waals surface area contributed by atoms with Crippen molar-refractivity contribution in [3.8, 4) is 11.5 Å². The smallest absolute Gasteiger partial charge is 0.293 e. The van der Waals surface area contributed by atoms with Crippen molar-refractivity contribution in [1.29, 1.82) is 0 Å². The summed E-state index contributed by atoms with van der Waals surface area (Å²) in [6, 6.07) is 11.1. The van der Waals surface area contributed by atoms with Gasteiger partial charge in [0.15, 0.2) is 11.5 Å².